The van der Waals surface area contributed by atoms with E-state index < -0.39 is 0 Å². The fraction of sp³-hybridized carbons (Fsp3) is 0.704. The van der Waals surface area contributed by atoms with Gasteiger partial charge in [0.15, 0.2) is 0 Å². The minimum absolute atomic E-state index is 0.160. The van der Waals surface area contributed by atoms with Crippen molar-refractivity contribution in [2.45, 2.75) is 97.7 Å². The van der Waals surface area contributed by atoms with E-state index in [-0.39, 0.29) is 17.6 Å². The highest BCUT2D eigenvalue weighted by molar-refractivity contribution is 5.28. The molecular weight excluding hydrogens is 356 g/mol. The molecule has 0 heterocycles. The summed E-state index contributed by atoms with van der Waals surface area (Å²) in [7, 11) is 0. The van der Waals surface area contributed by atoms with Crippen LogP contribution in [0.1, 0.15) is 85.5 Å². The van der Waals surface area contributed by atoms with E-state index >= 15 is 0 Å². The van der Waals surface area contributed by atoms with Gasteiger partial charge in [0.1, 0.15) is 0 Å². The maximum absolute atomic E-state index is 10.1. The predicted molar refractivity (Wildman–Crippen MR) is 123 cm³/mol. The van der Waals surface area contributed by atoms with E-state index in [1.165, 1.54) is 37.7 Å². The summed E-state index contributed by atoms with van der Waals surface area (Å²) in [4.78, 5) is 0. The van der Waals surface area contributed by atoms with Crippen molar-refractivity contribution in [3.05, 3.63) is 47.6 Å². The van der Waals surface area contributed by atoms with Crippen molar-refractivity contribution < 1.29 is 10.2 Å². The smallest absolute Gasteiger partial charge is 0.0784 e. The van der Waals surface area contributed by atoms with Crippen LogP contribution in [-0.2, 0) is 0 Å². The third-order valence-electron chi connectivity index (χ3n) is 8.11. The van der Waals surface area contributed by atoms with Crippen LogP contribution in [0.4, 0.5) is 0 Å². The molecule has 3 aliphatic carbocycles. The summed E-state index contributed by atoms with van der Waals surface area (Å²) >= 11 is 0. The van der Waals surface area contributed by atoms with E-state index in [4.69, 9.17) is 0 Å². The minimum Gasteiger partial charge on any atom is -0.393 e. The lowest BCUT2D eigenvalue weighted by Gasteiger charge is -2.47. The summed E-state index contributed by atoms with van der Waals surface area (Å²) in [6.45, 7) is 13.2. The minimum atomic E-state index is -0.352. The molecule has 3 saturated carbocycles. The maximum Gasteiger partial charge on any atom is 0.0784 e. The van der Waals surface area contributed by atoms with Crippen LogP contribution in [0, 0.1) is 22.7 Å². The first-order valence-electron chi connectivity index (χ1n) is 11.7. The Hall–Kier alpha value is -1.12. The molecule has 29 heavy (non-hydrogen) atoms. The average Bonchev–Trinajstić information content (AvgIpc) is 3.00. The number of aliphatic hydroxyl groups excluding tert-OH is 2. The summed E-state index contributed by atoms with van der Waals surface area (Å²) in [5, 5.41) is 19.7. The van der Waals surface area contributed by atoms with Gasteiger partial charge in [-0.1, -0.05) is 62.8 Å². The molecule has 2 N–H and O–H groups in total. The molecule has 0 amide bonds. The highest BCUT2D eigenvalue weighted by atomic mass is 16.3. The molecule has 2 heteroatoms. The second-order valence-electron chi connectivity index (χ2n) is 10.8. The molecule has 0 spiro atoms. The van der Waals surface area contributed by atoms with E-state index in [2.05, 4.69) is 51.7 Å². The van der Waals surface area contributed by atoms with Crippen molar-refractivity contribution in [1.82, 2.24) is 0 Å². The molecule has 0 saturated heterocycles. The third-order valence-corrected chi connectivity index (χ3v) is 8.11. The topological polar surface area (TPSA) is 40.5 Å². The van der Waals surface area contributed by atoms with Gasteiger partial charge < -0.3 is 10.2 Å². The Morgan fingerprint density at radius 2 is 1.97 bits per heavy atom. The van der Waals surface area contributed by atoms with Gasteiger partial charge in [-0.3, -0.25) is 0 Å². The largest absolute Gasteiger partial charge is 0.393 e. The maximum atomic E-state index is 10.1. The summed E-state index contributed by atoms with van der Waals surface area (Å²) in [6, 6.07) is 0. The van der Waals surface area contributed by atoms with Gasteiger partial charge in [-0.05, 0) is 93.0 Å². The summed E-state index contributed by atoms with van der Waals surface area (Å²) in [5.74, 6) is 1.37. The zero-order valence-corrected chi connectivity index (χ0v) is 19.1. The molecular formula is C27H42O2. The lowest BCUT2D eigenvalue weighted by atomic mass is 9.57. The zero-order valence-electron chi connectivity index (χ0n) is 19.1. The number of fused-ring (bicyclic) bond motifs is 1. The van der Waals surface area contributed by atoms with Crippen molar-refractivity contribution in [3.63, 3.8) is 0 Å². The monoisotopic (exact) mass is 398 g/mol. The molecule has 2 unspecified atom stereocenters. The van der Waals surface area contributed by atoms with Crippen LogP contribution >= 0.6 is 0 Å². The molecule has 5 atom stereocenters. The molecule has 2 nitrogen and oxygen atoms in total. The summed E-state index contributed by atoms with van der Waals surface area (Å²) < 4.78 is 0. The van der Waals surface area contributed by atoms with Gasteiger partial charge in [-0.25, -0.2) is 0 Å². The van der Waals surface area contributed by atoms with Gasteiger partial charge in [0.2, 0.25) is 0 Å². The van der Waals surface area contributed by atoms with Crippen molar-refractivity contribution in [1.29, 1.82) is 0 Å². The van der Waals surface area contributed by atoms with Crippen LogP contribution in [0.5, 0.6) is 0 Å². The van der Waals surface area contributed by atoms with Crippen molar-refractivity contribution in [2.24, 2.45) is 22.7 Å². The predicted octanol–water partition coefficient (Wildman–Crippen LogP) is 6.51. The van der Waals surface area contributed by atoms with Gasteiger partial charge in [-0.2, -0.15) is 0 Å². The fourth-order valence-electron chi connectivity index (χ4n) is 6.51. The fourth-order valence-corrected chi connectivity index (χ4v) is 6.51. The highest BCUT2D eigenvalue weighted by Gasteiger charge is 2.53. The van der Waals surface area contributed by atoms with E-state index in [9.17, 15) is 10.2 Å². The van der Waals surface area contributed by atoms with Gasteiger partial charge in [-0.15, -0.1) is 0 Å². The van der Waals surface area contributed by atoms with Crippen molar-refractivity contribution >= 4 is 0 Å². The quantitative estimate of drug-likeness (QED) is 0.518. The van der Waals surface area contributed by atoms with Gasteiger partial charge in [0.05, 0.1) is 12.2 Å². The number of allylic oxidation sites excluding steroid dienone is 4. The van der Waals surface area contributed by atoms with Crippen LogP contribution in [-0.4, -0.2) is 22.4 Å². The highest BCUT2D eigenvalue weighted by Crippen LogP contribution is 2.62. The number of aliphatic hydroxyl groups is 2. The first-order valence-corrected chi connectivity index (χ1v) is 11.7. The molecule has 3 aliphatic rings. The van der Waals surface area contributed by atoms with Gasteiger partial charge >= 0.3 is 0 Å². The summed E-state index contributed by atoms with van der Waals surface area (Å²) in [6.07, 6.45) is 18.6. The molecule has 0 aromatic carbocycles. The second-order valence-corrected chi connectivity index (χ2v) is 10.8. The van der Waals surface area contributed by atoms with Crippen LogP contribution in [0.3, 0.4) is 0 Å². The van der Waals surface area contributed by atoms with Crippen LogP contribution in [0.2, 0.25) is 0 Å². The molecule has 0 aliphatic heterocycles. The molecule has 0 aromatic rings. The zero-order chi connectivity index (χ0) is 21.2. The van der Waals surface area contributed by atoms with E-state index in [1.807, 2.05) is 6.92 Å². The molecule has 3 rings (SSSR count). The molecule has 162 valence electrons. The van der Waals surface area contributed by atoms with Gasteiger partial charge in [0.25, 0.3) is 0 Å². The molecule has 0 aromatic heterocycles. The SMILES string of the molecule is C=C1CC/C(=C/C=C2\CCC[C@@]3(C)C2CCC3C(C)(C)/C=C/C[C@@H](C)O)C[C@H]1O. The Balaban J connectivity index is 1.76. The van der Waals surface area contributed by atoms with Crippen LogP contribution in [0.25, 0.3) is 0 Å². The normalized spacial score (nSPS) is 37.4. The van der Waals surface area contributed by atoms with E-state index in [0.29, 0.717) is 17.3 Å². The number of hydrogen-bond acceptors (Lipinski definition) is 2. The van der Waals surface area contributed by atoms with E-state index in [1.54, 1.807) is 5.57 Å². The standard InChI is InChI=1S/C27H42O2/c1-19-10-11-21(18-24(19)29)12-13-22-9-7-17-27(5)23(22)14-15-25(27)26(3,4)16-6-8-20(2)28/h6,12-13,16,20,23-25,28-29H,1,7-11,14-15,17-18H2,2-5H3/b16-6+,21-12-,22-13+/t20-,23?,24-,25?,27+/m1/s1. The molecule has 3 fully saturated rings. The van der Waals surface area contributed by atoms with Crippen LogP contribution < -0.4 is 0 Å². The Bertz CT molecular complexity index is 693. The lowest BCUT2D eigenvalue weighted by Crippen LogP contribution is -2.39. The Kier molecular flexibility index (Phi) is 6.95. The number of hydrogen-bond donors (Lipinski definition) is 2. The molecule has 0 bridgehead atoms. The Morgan fingerprint density at radius 1 is 1.21 bits per heavy atom. The van der Waals surface area contributed by atoms with Gasteiger partial charge in [0, 0.05) is 0 Å². The Labute approximate surface area is 178 Å². The Morgan fingerprint density at radius 3 is 2.66 bits per heavy atom. The van der Waals surface area contributed by atoms with E-state index in [0.717, 1.165) is 31.3 Å². The summed E-state index contributed by atoms with van der Waals surface area (Å²) in [5.41, 5.74) is 4.52. The second kappa shape index (κ2) is 8.94. The van der Waals surface area contributed by atoms with Crippen molar-refractivity contribution in [3.8, 4) is 0 Å². The first-order chi connectivity index (χ1) is 13.6. The third kappa shape index (κ3) is 4.97. The number of rotatable bonds is 5. The van der Waals surface area contributed by atoms with Crippen LogP contribution in [0.15, 0.2) is 47.6 Å². The average molecular weight is 399 g/mol. The first kappa shape index (κ1) is 22.6. The van der Waals surface area contributed by atoms with Crippen molar-refractivity contribution in [2.75, 3.05) is 0 Å². The lowest BCUT2D eigenvalue weighted by molar-refractivity contribution is 0.0715. The molecule has 0 radical (unpaired) electrons.